The van der Waals surface area contributed by atoms with Crippen LogP contribution >= 0.6 is 0 Å². The van der Waals surface area contributed by atoms with E-state index >= 15 is 0 Å². The highest BCUT2D eigenvalue weighted by molar-refractivity contribution is 6.76. The molecule has 0 radical (unpaired) electrons. The Morgan fingerprint density at radius 3 is 2.46 bits per heavy atom. The maximum atomic E-state index is 5.20. The third kappa shape index (κ3) is 9.43. The lowest BCUT2D eigenvalue weighted by atomic mass is 10.1. The zero-order chi connectivity index (χ0) is 10.3. The Kier molecular flexibility index (Phi) is 5.82. The summed E-state index contributed by atoms with van der Waals surface area (Å²) in [6.45, 7) is 9.42. The van der Waals surface area contributed by atoms with Gasteiger partial charge in [0.2, 0.25) is 0 Å². The summed E-state index contributed by atoms with van der Waals surface area (Å²) in [6.07, 6.45) is 10.8. The predicted molar refractivity (Wildman–Crippen MR) is 64.6 cm³/mol. The fourth-order valence-corrected chi connectivity index (χ4v) is 2.01. The van der Waals surface area contributed by atoms with Crippen LogP contribution in [-0.2, 0) is 0 Å². The molecule has 0 aromatic rings. The Morgan fingerprint density at radius 1 is 1.38 bits per heavy atom. The summed E-state index contributed by atoms with van der Waals surface area (Å²) in [6, 6.07) is 1.30. The first-order chi connectivity index (χ1) is 5.95. The molecule has 0 fully saturated rings. The molecular weight excluding hydrogens is 172 g/mol. The van der Waals surface area contributed by atoms with Gasteiger partial charge in [-0.15, -0.1) is 12.3 Å². The van der Waals surface area contributed by atoms with Crippen molar-refractivity contribution in [1.29, 1.82) is 0 Å². The van der Waals surface area contributed by atoms with E-state index < -0.39 is 8.07 Å². The van der Waals surface area contributed by atoms with Crippen LogP contribution in [0.1, 0.15) is 26.2 Å². The Balaban J connectivity index is 3.71. The summed E-state index contributed by atoms with van der Waals surface area (Å²) < 4.78 is 0. The van der Waals surface area contributed by atoms with Gasteiger partial charge >= 0.3 is 0 Å². The van der Waals surface area contributed by atoms with Gasteiger partial charge in [0.1, 0.15) is 0 Å². The highest BCUT2D eigenvalue weighted by Gasteiger charge is 2.09. The van der Waals surface area contributed by atoms with E-state index in [2.05, 4.69) is 38.6 Å². The van der Waals surface area contributed by atoms with Crippen LogP contribution in [0.5, 0.6) is 0 Å². The van der Waals surface area contributed by atoms with E-state index in [1.807, 2.05) is 0 Å². The standard InChI is InChI=1S/C12H22Si/c1-6-7-8-9-12(2)10-11-13(3,4)5/h1,10H,7-9,11H2,2-5H3/b12-10-. The van der Waals surface area contributed by atoms with Crippen LogP contribution in [0.15, 0.2) is 11.6 Å². The molecule has 0 N–H and O–H groups in total. The van der Waals surface area contributed by atoms with Crippen molar-refractivity contribution < 1.29 is 0 Å². The van der Waals surface area contributed by atoms with Crippen molar-refractivity contribution in [3.05, 3.63) is 11.6 Å². The fourth-order valence-electron chi connectivity index (χ4n) is 1.05. The van der Waals surface area contributed by atoms with E-state index in [0.717, 1.165) is 12.8 Å². The minimum Gasteiger partial charge on any atom is -0.120 e. The van der Waals surface area contributed by atoms with Gasteiger partial charge in [-0.25, -0.2) is 0 Å². The molecule has 0 heterocycles. The van der Waals surface area contributed by atoms with E-state index in [-0.39, 0.29) is 0 Å². The minimum absolute atomic E-state index is 0.884. The van der Waals surface area contributed by atoms with Crippen molar-refractivity contribution in [2.24, 2.45) is 0 Å². The van der Waals surface area contributed by atoms with Crippen LogP contribution in [0.2, 0.25) is 25.7 Å². The first-order valence-electron chi connectivity index (χ1n) is 5.05. The number of allylic oxidation sites excluding steroid dienone is 2. The molecule has 0 nitrogen and oxygen atoms in total. The lowest BCUT2D eigenvalue weighted by molar-refractivity contribution is 0.844. The van der Waals surface area contributed by atoms with Crippen molar-refractivity contribution >= 4 is 8.07 Å². The first kappa shape index (κ1) is 12.5. The SMILES string of the molecule is C#CCCC/C(C)=C\C[Si](C)(C)C. The minimum atomic E-state index is -0.884. The normalized spacial score (nSPS) is 12.7. The average molecular weight is 194 g/mol. The third-order valence-corrected chi connectivity index (χ3v) is 3.38. The van der Waals surface area contributed by atoms with Gasteiger partial charge in [0, 0.05) is 14.5 Å². The molecular formula is C12H22Si. The van der Waals surface area contributed by atoms with Gasteiger partial charge in [-0.1, -0.05) is 31.3 Å². The molecule has 0 rings (SSSR count). The van der Waals surface area contributed by atoms with E-state index in [0.29, 0.717) is 0 Å². The molecule has 0 unspecified atom stereocenters. The number of hydrogen-bond donors (Lipinski definition) is 0. The maximum absolute atomic E-state index is 5.20. The molecule has 0 aromatic heterocycles. The molecule has 0 aliphatic heterocycles. The summed E-state index contributed by atoms with van der Waals surface area (Å²) >= 11 is 0. The van der Waals surface area contributed by atoms with Crippen molar-refractivity contribution in [2.45, 2.75) is 51.9 Å². The van der Waals surface area contributed by atoms with Crippen molar-refractivity contribution in [1.82, 2.24) is 0 Å². The third-order valence-electron chi connectivity index (χ3n) is 1.96. The van der Waals surface area contributed by atoms with E-state index in [9.17, 15) is 0 Å². The molecule has 1 heteroatoms. The Morgan fingerprint density at radius 2 is 2.00 bits per heavy atom. The molecule has 0 aromatic carbocycles. The molecule has 13 heavy (non-hydrogen) atoms. The van der Waals surface area contributed by atoms with E-state index in [1.54, 1.807) is 0 Å². The highest BCUT2D eigenvalue weighted by Crippen LogP contribution is 2.13. The Hall–Kier alpha value is -0.483. The number of unbranched alkanes of at least 4 members (excludes halogenated alkanes) is 1. The predicted octanol–water partition coefficient (Wildman–Crippen LogP) is 4.07. The van der Waals surface area contributed by atoms with Gasteiger partial charge in [0.15, 0.2) is 0 Å². The topological polar surface area (TPSA) is 0 Å². The maximum Gasteiger partial charge on any atom is 0.0480 e. The van der Waals surface area contributed by atoms with E-state index in [4.69, 9.17) is 6.42 Å². The van der Waals surface area contributed by atoms with Crippen molar-refractivity contribution in [3.8, 4) is 12.3 Å². The van der Waals surface area contributed by atoms with Gasteiger partial charge in [-0.3, -0.25) is 0 Å². The Labute approximate surface area is 84.4 Å². The zero-order valence-electron chi connectivity index (χ0n) is 9.48. The second-order valence-electron chi connectivity index (χ2n) is 4.87. The lowest BCUT2D eigenvalue weighted by Crippen LogP contribution is -2.17. The molecule has 0 amide bonds. The Bertz CT molecular complexity index is 200. The molecule has 0 spiro atoms. The lowest BCUT2D eigenvalue weighted by Gasteiger charge is -2.12. The summed E-state index contributed by atoms with van der Waals surface area (Å²) in [5.41, 5.74) is 1.51. The first-order valence-corrected chi connectivity index (χ1v) is 8.75. The summed E-state index contributed by atoms with van der Waals surface area (Å²) in [4.78, 5) is 0. The summed E-state index contributed by atoms with van der Waals surface area (Å²) in [5, 5.41) is 0. The largest absolute Gasteiger partial charge is 0.120 e. The fraction of sp³-hybridized carbons (Fsp3) is 0.667. The number of rotatable bonds is 5. The molecule has 0 bridgehead atoms. The van der Waals surface area contributed by atoms with Crippen molar-refractivity contribution in [3.63, 3.8) is 0 Å². The van der Waals surface area contributed by atoms with Crippen LogP contribution in [-0.4, -0.2) is 8.07 Å². The quantitative estimate of drug-likeness (QED) is 0.268. The van der Waals surface area contributed by atoms with Gasteiger partial charge in [-0.05, 0) is 25.8 Å². The van der Waals surface area contributed by atoms with Crippen LogP contribution in [0.4, 0.5) is 0 Å². The molecule has 0 aliphatic carbocycles. The van der Waals surface area contributed by atoms with Gasteiger partial charge in [0.05, 0.1) is 0 Å². The van der Waals surface area contributed by atoms with Gasteiger partial charge in [-0.2, -0.15) is 0 Å². The van der Waals surface area contributed by atoms with Crippen LogP contribution in [0, 0.1) is 12.3 Å². The number of terminal acetylenes is 1. The van der Waals surface area contributed by atoms with Crippen LogP contribution in [0.3, 0.4) is 0 Å². The van der Waals surface area contributed by atoms with Crippen LogP contribution in [0.25, 0.3) is 0 Å². The van der Waals surface area contributed by atoms with E-state index in [1.165, 1.54) is 18.0 Å². The molecule has 0 aliphatic rings. The monoisotopic (exact) mass is 194 g/mol. The van der Waals surface area contributed by atoms with Crippen molar-refractivity contribution in [2.75, 3.05) is 0 Å². The summed E-state index contributed by atoms with van der Waals surface area (Å²) in [5.74, 6) is 2.68. The molecule has 74 valence electrons. The second-order valence-corrected chi connectivity index (χ2v) is 10.4. The highest BCUT2D eigenvalue weighted by atomic mass is 28.3. The molecule has 0 saturated heterocycles. The number of hydrogen-bond acceptors (Lipinski definition) is 0. The zero-order valence-corrected chi connectivity index (χ0v) is 10.5. The van der Waals surface area contributed by atoms with Gasteiger partial charge < -0.3 is 0 Å². The smallest absolute Gasteiger partial charge is 0.0480 e. The molecule has 0 saturated carbocycles. The average Bonchev–Trinajstić information content (AvgIpc) is 2.00. The second kappa shape index (κ2) is 6.04. The van der Waals surface area contributed by atoms with Crippen LogP contribution < -0.4 is 0 Å². The molecule has 0 atom stereocenters. The summed E-state index contributed by atoms with van der Waals surface area (Å²) in [7, 11) is -0.884. The van der Waals surface area contributed by atoms with Gasteiger partial charge in [0.25, 0.3) is 0 Å².